The highest BCUT2D eigenvalue weighted by atomic mass is 16.4. The van der Waals surface area contributed by atoms with E-state index < -0.39 is 5.97 Å². The van der Waals surface area contributed by atoms with Crippen LogP contribution in [0.25, 0.3) is 0 Å². The van der Waals surface area contributed by atoms with E-state index in [1.807, 2.05) is 20.8 Å². The second-order valence-corrected chi connectivity index (χ2v) is 4.41. The summed E-state index contributed by atoms with van der Waals surface area (Å²) in [5, 5.41) is 9.13. The Kier molecular flexibility index (Phi) is 4.44. The quantitative estimate of drug-likeness (QED) is 0.796. The molecule has 0 aliphatic carbocycles. The van der Waals surface area contributed by atoms with E-state index in [0.717, 1.165) is 6.42 Å². The van der Waals surface area contributed by atoms with Crippen LogP contribution in [0.4, 0.5) is 0 Å². The van der Waals surface area contributed by atoms with Crippen molar-refractivity contribution in [3.63, 3.8) is 0 Å². The molecule has 92 valence electrons. The molecule has 1 aromatic carbocycles. The summed E-state index contributed by atoms with van der Waals surface area (Å²) in [6.45, 7) is 5.62. The fourth-order valence-electron chi connectivity index (χ4n) is 1.85. The Bertz CT molecular complexity index is 433. The molecule has 3 heteroatoms. The van der Waals surface area contributed by atoms with Crippen LogP contribution in [0, 0.1) is 5.92 Å². The Labute approximate surface area is 101 Å². The second-order valence-electron chi connectivity index (χ2n) is 4.41. The number of ketones is 1. The lowest BCUT2D eigenvalue weighted by Gasteiger charge is -2.12. The number of rotatable bonds is 5. The molecule has 0 heterocycles. The minimum atomic E-state index is -0.966. The van der Waals surface area contributed by atoms with Gasteiger partial charge in [0, 0.05) is 11.5 Å². The molecular weight excluding hydrogens is 216 g/mol. The Balaban J connectivity index is 3.34. The van der Waals surface area contributed by atoms with Gasteiger partial charge >= 0.3 is 5.97 Å². The van der Waals surface area contributed by atoms with Gasteiger partial charge < -0.3 is 5.11 Å². The van der Waals surface area contributed by atoms with Crippen molar-refractivity contribution >= 4 is 11.8 Å². The molecule has 0 spiro atoms. The molecule has 0 bridgehead atoms. The van der Waals surface area contributed by atoms with Crippen LogP contribution in [0.2, 0.25) is 0 Å². The van der Waals surface area contributed by atoms with Crippen LogP contribution in [0.5, 0.6) is 0 Å². The van der Waals surface area contributed by atoms with E-state index in [4.69, 9.17) is 5.11 Å². The normalized spacial score (nSPS) is 10.6. The van der Waals surface area contributed by atoms with Crippen molar-refractivity contribution in [2.75, 3.05) is 0 Å². The lowest BCUT2D eigenvalue weighted by Crippen LogP contribution is -2.14. The van der Waals surface area contributed by atoms with E-state index in [0.29, 0.717) is 17.5 Å². The van der Waals surface area contributed by atoms with E-state index in [1.54, 1.807) is 18.2 Å². The maximum atomic E-state index is 12.0. The summed E-state index contributed by atoms with van der Waals surface area (Å²) in [6.07, 6.45) is 1.44. The molecular formula is C14H18O3. The molecule has 0 atom stereocenters. The fourth-order valence-corrected chi connectivity index (χ4v) is 1.85. The second kappa shape index (κ2) is 5.62. The molecule has 0 saturated heterocycles. The highest BCUT2D eigenvalue weighted by molar-refractivity contribution is 6.02. The summed E-state index contributed by atoms with van der Waals surface area (Å²) in [5.74, 6) is -1.07. The molecule has 1 N–H and O–H groups in total. The van der Waals surface area contributed by atoms with Gasteiger partial charge in [0.05, 0.1) is 5.56 Å². The van der Waals surface area contributed by atoms with Gasteiger partial charge in [-0.25, -0.2) is 4.79 Å². The molecule has 17 heavy (non-hydrogen) atoms. The molecule has 0 aliphatic heterocycles. The molecule has 1 aromatic rings. The van der Waals surface area contributed by atoms with Crippen molar-refractivity contribution in [1.29, 1.82) is 0 Å². The third-order valence-electron chi connectivity index (χ3n) is 2.70. The number of carbonyl (C=O) groups excluding carboxylic acids is 1. The minimum Gasteiger partial charge on any atom is -0.478 e. The van der Waals surface area contributed by atoms with Crippen molar-refractivity contribution < 1.29 is 14.7 Å². The average molecular weight is 234 g/mol. The SMILES string of the molecule is CCCc1c(C(=O)O)cccc1C(=O)C(C)C. The number of Topliss-reactive ketones (excluding diaryl/α,β-unsaturated/α-hetero) is 1. The van der Waals surface area contributed by atoms with Crippen molar-refractivity contribution in [3.8, 4) is 0 Å². The molecule has 0 saturated carbocycles. The predicted molar refractivity (Wildman–Crippen MR) is 66.6 cm³/mol. The molecule has 1 rings (SSSR count). The Hall–Kier alpha value is -1.64. The average Bonchev–Trinajstić information content (AvgIpc) is 2.28. The molecule has 0 aliphatic rings. The van der Waals surface area contributed by atoms with Gasteiger partial charge in [-0.15, -0.1) is 0 Å². The van der Waals surface area contributed by atoms with Crippen molar-refractivity contribution in [2.45, 2.75) is 33.6 Å². The van der Waals surface area contributed by atoms with Gasteiger partial charge in [0.1, 0.15) is 0 Å². The van der Waals surface area contributed by atoms with Gasteiger partial charge in [-0.2, -0.15) is 0 Å². The number of aromatic carboxylic acids is 1. The Morgan fingerprint density at radius 1 is 1.24 bits per heavy atom. The zero-order valence-electron chi connectivity index (χ0n) is 10.5. The van der Waals surface area contributed by atoms with Gasteiger partial charge in [0.15, 0.2) is 5.78 Å². The number of carbonyl (C=O) groups is 2. The smallest absolute Gasteiger partial charge is 0.335 e. The van der Waals surface area contributed by atoms with Crippen LogP contribution >= 0.6 is 0 Å². The molecule has 0 unspecified atom stereocenters. The van der Waals surface area contributed by atoms with Crippen LogP contribution in [0.3, 0.4) is 0 Å². The maximum absolute atomic E-state index is 12.0. The van der Waals surface area contributed by atoms with Crippen LogP contribution in [-0.2, 0) is 6.42 Å². The highest BCUT2D eigenvalue weighted by Crippen LogP contribution is 2.20. The monoisotopic (exact) mass is 234 g/mol. The fraction of sp³-hybridized carbons (Fsp3) is 0.429. The maximum Gasteiger partial charge on any atom is 0.335 e. The number of carboxylic acid groups (broad SMARTS) is 1. The van der Waals surface area contributed by atoms with Crippen molar-refractivity contribution in [1.82, 2.24) is 0 Å². The van der Waals surface area contributed by atoms with Gasteiger partial charge in [0.2, 0.25) is 0 Å². The summed E-state index contributed by atoms with van der Waals surface area (Å²) in [6, 6.07) is 4.92. The van der Waals surface area contributed by atoms with E-state index in [2.05, 4.69) is 0 Å². The van der Waals surface area contributed by atoms with Crippen LogP contribution in [0.15, 0.2) is 18.2 Å². The van der Waals surface area contributed by atoms with Crippen LogP contribution in [0.1, 0.15) is 53.5 Å². The molecule has 3 nitrogen and oxygen atoms in total. The van der Waals surface area contributed by atoms with E-state index >= 15 is 0 Å². The minimum absolute atomic E-state index is 0.0107. The van der Waals surface area contributed by atoms with Crippen LogP contribution in [-0.4, -0.2) is 16.9 Å². The molecule has 0 fully saturated rings. The van der Waals surface area contributed by atoms with Crippen molar-refractivity contribution in [2.24, 2.45) is 5.92 Å². The summed E-state index contributed by atoms with van der Waals surface area (Å²) >= 11 is 0. The highest BCUT2D eigenvalue weighted by Gasteiger charge is 2.19. The third kappa shape index (κ3) is 2.93. The first-order valence-corrected chi connectivity index (χ1v) is 5.88. The van der Waals surface area contributed by atoms with Gasteiger partial charge in [-0.3, -0.25) is 4.79 Å². The first-order valence-electron chi connectivity index (χ1n) is 5.88. The van der Waals surface area contributed by atoms with E-state index in [9.17, 15) is 9.59 Å². The largest absolute Gasteiger partial charge is 0.478 e. The van der Waals surface area contributed by atoms with Crippen molar-refractivity contribution in [3.05, 3.63) is 34.9 Å². The number of hydrogen-bond donors (Lipinski definition) is 1. The molecule has 0 amide bonds. The van der Waals surface area contributed by atoms with Gasteiger partial charge in [-0.05, 0) is 18.1 Å². The number of hydrogen-bond acceptors (Lipinski definition) is 2. The summed E-state index contributed by atoms with van der Waals surface area (Å²) < 4.78 is 0. The first kappa shape index (κ1) is 13.4. The lowest BCUT2D eigenvalue weighted by atomic mass is 9.91. The van der Waals surface area contributed by atoms with E-state index in [-0.39, 0.29) is 17.3 Å². The standard InChI is InChI=1S/C14H18O3/c1-4-6-10-11(13(15)9(2)3)7-5-8-12(10)14(16)17/h5,7-9H,4,6H2,1-3H3,(H,16,17). The summed E-state index contributed by atoms with van der Waals surface area (Å²) in [4.78, 5) is 23.2. The third-order valence-corrected chi connectivity index (χ3v) is 2.70. The molecule has 0 radical (unpaired) electrons. The summed E-state index contributed by atoms with van der Waals surface area (Å²) in [7, 11) is 0. The zero-order chi connectivity index (χ0) is 13.0. The Morgan fingerprint density at radius 2 is 1.82 bits per heavy atom. The zero-order valence-corrected chi connectivity index (χ0v) is 10.5. The number of carboxylic acids is 1. The van der Waals surface area contributed by atoms with E-state index in [1.165, 1.54) is 0 Å². The first-order chi connectivity index (χ1) is 7.99. The summed E-state index contributed by atoms with van der Waals surface area (Å²) in [5.41, 5.74) is 1.47. The molecule has 0 aromatic heterocycles. The van der Waals surface area contributed by atoms with Gasteiger partial charge in [0.25, 0.3) is 0 Å². The lowest BCUT2D eigenvalue weighted by molar-refractivity contribution is 0.0695. The number of benzene rings is 1. The Morgan fingerprint density at radius 3 is 2.29 bits per heavy atom. The van der Waals surface area contributed by atoms with Crippen LogP contribution < -0.4 is 0 Å². The topological polar surface area (TPSA) is 54.4 Å². The van der Waals surface area contributed by atoms with Gasteiger partial charge in [-0.1, -0.05) is 39.3 Å². The predicted octanol–water partition coefficient (Wildman–Crippen LogP) is 3.18.